The fourth-order valence-electron chi connectivity index (χ4n) is 2.04. The van der Waals surface area contributed by atoms with Gasteiger partial charge in [-0.1, -0.05) is 55.8 Å². The van der Waals surface area contributed by atoms with E-state index >= 15 is 0 Å². The van der Waals surface area contributed by atoms with Gasteiger partial charge in [-0.3, -0.25) is 5.32 Å². The lowest BCUT2D eigenvalue weighted by Gasteiger charge is -2.12. The van der Waals surface area contributed by atoms with Crippen LogP contribution in [0.5, 0.6) is 0 Å². The van der Waals surface area contributed by atoms with Gasteiger partial charge >= 0.3 is 6.03 Å². The molecule has 0 aliphatic rings. The number of rotatable bonds is 4. The number of nitrogens with one attached hydrogen (secondary N) is 2. The lowest BCUT2D eigenvalue weighted by Crippen LogP contribution is -2.30. The van der Waals surface area contributed by atoms with Crippen LogP contribution in [0.2, 0.25) is 0 Å². The quantitative estimate of drug-likeness (QED) is 0.906. The number of nitrogens with zero attached hydrogens (tertiary/aromatic N) is 1. The third-order valence-electron chi connectivity index (χ3n) is 3.27. The summed E-state index contributed by atoms with van der Waals surface area (Å²) in [6, 6.07) is 9.73. The molecule has 0 bridgehead atoms. The van der Waals surface area contributed by atoms with E-state index in [1.54, 1.807) is 6.07 Å². The molecule has 0 aliphatic carbocycles. The number of hydrogen-bond acceptors (Lipinski definition) is 3. The largest absolute Gasteiger partial charge is 0.359 e. The van der Waals surface area contributed by atoms with Crippen molar-refractivity contribution in [3.63, 3.8) is 0 Å². The van der Waals surface area contributed by atoms with Crippen LogP contribution in [0.3, 0.4) is 0 Å². The number of amides is 2. The van der Waals surface area contributed by atoms with Crippen LogP contribution in [0.1, 0.15) is 37.7 Å². The number of aryl methyl sites for hydroxylation is 1. The minimum atomic E-state index is -0.276. The Labute approximate surface area is 131 Å². The molecule has 5 nitrogen and oxygen atoms in total. The van der Waals surface area contributed by atoms with E-state index in [-0.39, 0.29) is 11.4 Å². The molecule has 0 saturated heterocycles. The van der Waals surface area contributed by atoms with E-state index < -0.39 is 0 Å². The molecule has 0 radical (unpaired) electrons. The zero-order valence-corrected chi connectivity index (χ0v) is 13.6. The van der Waals surface area contributed by atoms with Gasteiger partial charge in [0.25, 0.3) is 0 Å². The molecule has 0 aliphatic heterocycles. The summed E-state index contributed by atoms with van der Waals surface area (Å²) in [6.45, 7) is 8.71. The molecule has 0 fully saturated rings. The van der Waals surface area contributed by atoms with Crippen LogP contribution in [-0.4, -0.2) is 17.7 Å². The van der Waals surface area contributed by atoms with Crippen molar-refractivity contribution in [3.8, 4) is 0 Å². The predicted molar refractivity (Wildman–Crippen MR) is 87.1 cm³/mol. The van der Waals surface area contributed by atoms with E-state index in [4.69, 9.17) is 4.52 Å². The number of benzene rings is 1. The molecular weight excluding hydrogens is 278 g/mol. The molecule has 118 valence electrons. The summed E-state index contributed by atoms with van der Waals surface area (Å²) in [7, 11) is 0. The monoisotopic (exact) mass is 301 g/mol. The smallest absolute Gasteiger partial charge is 0.320 e. The average molecular weight is 301 g/mol. The number of hydrogen-bond donors (Lipinski definition) is 2. The third-order valence-corrected chi connectivity index (χ3v) is 3.27. The number of carbonyl (C=O) groups excluding carboxylic acids is 1. The van der Waals surface area contributed by atoms with E-state index in [2.05, 4.69) is 40.9 Å². The van der Waals surface area contributed by atoms with Crippen molar-refractivity contribution in [2.24, 2.45) is 0 Å². The minimum absolute atomic E-state index is 0.130. The Morgan fingerprint density at radius 1 is 1.27 bits per heavy atom. The van der Waals surface area contributed by atoms with Gasteiger partial charge in [0.15, 0.2) is 5.82 Å². The van der Waals surface area contributed by atoms with Crippen LogP contribution < -0.4 is 10.6 Å². The molecule has 1 heterocycles. The van der Waals surface area contributed by atoms with Crippen LogP contribution in [0.4, 0.5) is 10.6 Å². The fourth-order valence-corrected chi connectivity index (χ4v) is 2.04. The van der Waals surface area contributed by atoms with Gasteiger partial charge in [0.2, 0.25) is 0 Å². The van der Waals surface area contributed by atoms with Gasteiger partial charge in [-0.2, -0.15) is 0 Å². The topological polar surface area (TPSA) is 67.2 Å². The van der Waals surface area contributed by atoms with Crippen LogP contribution in [-0.2, 0) is 11.8 Å². The number of aromatic nitrogens is 1. The van der Waals surface area contributed by atoms with Crippen LogP contribution >= 0.6 is 0 Å². The molecule has 2 N–H and O–H groups in total. The number of anilines is 1. The Balaban J connectivity index is 1.80. The zero-order valence-electron chi connectivity index (χ0n) is 13.6. The molecule has 0 unspecified atom stereocenters. The molecule has 0 saturated carbocycles. The summed E-state index contributed by atoms with van der Waals surface area (Å²) in [6.07, 6.45) is 0.793. The number of carbonyl (C=O) groups is 1. The maximum atomic E-state index is 11.8. The standard InChI is InChI=1S/C17H23N3O2/c1-12-6-5-7-13(10-12)8-9-18-16(21)19-15-11-14(22-20-15)17(2,3)4/h5-7,10-11H,8-9H2,1-4H3,(H2,18,19,20,21). The van der Waals surface area contributed by atoms with Crippen molar-refractivity contribution < 1.29 is 9.32 Å². The second kappa shape index (κ2) is 6.64. The lowest BCUT2D eigenvalue weighted by atomic mass is 9.93. The van der Waals surface area contributed by atoms with Gasteiger partial charge in [-0.15, -0.1) is 0 Å². The Morgan fingerprint density at radius 2 is 2.05 bits per heavy atom. The van der Waals surface area contributed by atoms with Gasteiger partial charge in [0, 0.05) is 18.0 Å². The summed E-state index contributed by atoms with van der Waals surface area (Å²) in [4.78, 5) is 11.8. The van der Waals surface area contributed by atoms with E-state index in [0.717, 1.165) is 12.2 Å². The summed E-state index contributed by atoms with van der Waals surface area (Å²) in [5.41, 5.74) is 2.30. The first kappa shape index (κ1) is 16.1. The second-order valence-corrected chi connectivity index (χ2v) is 6.45. The van der Waals surface area contributed by atoms with Gasteiger partial charge in [-0.25, -0.2) is 4.79 Å². The Morgan fingerprint density at radius 3 is 2.68 bits per heavy atom. The van der Waals surface area contributed by atoms with Crippen molar-refractivity contribution in [1.29, 1.82) is 0 Å². The molecule has 22 heavy (non-hydrogen) atoms. The molecule has 2 rings (SSSR count). The Kier molecular flexibility index (Phi) is 4.85. The fraction of sp³-hybridized carbons (Fsp3) is 0.412. The Bertz CT molecular complexity index is 641. The Hall–Kier alpha value is -2.30. The molecule has 0 spiro atoms. The molecule has 1 aromatic heterocycles. The summed E-state index contributed by atoms with van der Waals surface area (Å²) in [5.74, 6) is 1.17. The highest BCUT2D eigenvalue weighted by Gasteiger charge is 2.20. The van der Waals surface area contributed by atoms with Gasteiger partial charge in [0.1, 0.15) is 5.76 Å². The first-order valence-corrected chi connectivity index (χ1v) is 7.42. The highest BCUT2D eigenvalue weighted by Crippen LogP contribution is 2.24. The van der Waals surface area contributed by atoms with Crippen molar-refractivity contribution in [2.75, 3.05) is 11.9 Å². The average Bonchev–Trinajstić information content (AvgIpc) is 2.87. The summed E-state index contributed by atoms with van der Waals surface area (Å²) < 4.78 is 5.22. The maximum absolute atomic E-state index is 11.8. The van der Waals surface area contributed by atoms with Crippen molar-refractivity contribution in [1.82, 2.24) is 10.5 Å². The normalized spacial score (nSPS) is 11.3. The lowest BCUT2D eigenvalue weighted by molar-refractivity contribution is 0.252. The highest BCUT2D eigenvalue weighted by atomic mass is 16.5. The second-order valence-electron chi connectivity index (χ2n) is 6.45. The molecule has 2 aromatic rings. The SMILES string of the molecule is Cc1cccc(CCNC(=O)Nc2cc(C(C)(C)C)on2)c1. The van der Waals surface area contributed by atoms with Crippen LogP contribution in [0, 0.1) is 6.92 Å². The van der Waals surface area contributed by atoms with Crippen LogP contribution in [0.15, 0.2) is 34.9 Å². The van der Waals surface area contributed by atoms with Crippen molar-refractivity contribution in [2.45, 2.75) is 39.5 Å². The van der Waals surface area contributed by atoms with Crippen molar-refractivity contribution >= 4 is 11.8 Å². The van der Waals surface area contributed by atoms with E-state index in [1.807, 2.05) is 26.8 Å². The number of urea groups is 1. The minimum Gasteiger partial charge on any atom is -0.359 e. The zero-order chi connectivity index (χ0) is 16.2. The predicted octanol–water partition coefficient (Wildman–Crippen LogP) is 3.64. The first-order chi connectivity index (χ1) is 10.3. The summed E-state index contributed by atoms with van der Waals surface area (Å²) >= 11 is 0. The van der Waals surface area contributed by atoms with Gasteiger partial charge in [-0.05, 0) is 18.9 Å². The highest BCUT2D eigenvalue weighted by molar-refractivity contribution is 5.88. The first-order valence-electron chi connectivity index (χ1n) is 7.42. The van der Waals surface area contributed by atoms with E-state index in [9.17, 15) is 4.79 Å². The molecule has 5 heteroatoms. The van der Waals surface area contributed by atoms with Crippen LogP contribution in [0.25, 0.3) is 0 Å². The van der Waals surface area contributed by atoms with Gasteiger partial charge in [0.05, 0.1) is 0 Å². The summed E-state index contributed by atoms with van der Waals surface area (Å²) in [5, 5.41) is 9.35. The molecule has 2 amide bonds. The third kappa shape index (κ3) is 4.62. The maximum Gasteiger partial charge on any atom is 0.320 e. The van der Waals surface area contributed by atoms with Gasteiger partial charge < -0.3 is 9.84 Å². The molecule has 1 aromatic carbocycles. The van der Waals surface area contributed by atoms with E-state index in [0.29, 0.717) is 12.4 Å². The molecular formula is C17H23N3O2. The van der Waals surface area contributed by atoms with Crippen molar-refractivity contribution in [3.05, 3.63) is 47.2 Å². The molecule has 0 atom stereocenters. The van der Waals surface area contributed by atoms with E-state index in [1.165, 1.54) is 11.1 Å².